The second-order valence-corrected chi connectivity index (χ2v) is 3.09. The van der Waals surface area contributed by atoms with Gasteiger partial charge in [0.2, 0.25) is 5.91 Å². The zero-order valence-electron chi connectivity index (χ0n) is 8.88. The summed E-state index contributed by atoms with van der Waals surface area (Å²) < 4.78 is 0. The molecular formula is C8H13N3O6. The molecule has 0 aromatic carbocycles. The Morgan fingerprint density at radius 2 is 1.53 bits per heavy atom. The highest BCUT2D eigenvalue weighted by atomic mass is 16.4. The van der Waals surface area contributed by atoms with Crippen LogP contribution in [0.15, 0.2) is 0 Å². The maximum absolute atomic E-state index is 11.3. The molecule has 0 bridgehead atoms. The van der Waals surface area contributed by atoms with E-state index in [1.54, 1.807) is 0 Å². The highest BCUT2D eigenvalue weighted by Crippen LogP contribution is 1.90. The third kappa shape index (κ3) is 7.59. The van der Waals surface area contributed by atoms with Crippen LogP contribution in [0.25, 0.3) is 0 Å². The first-order chi connectivity index (χ1) is 7.82. The molecule has 0 heterocycles. The summed E-state index contributed by atoms with van der Waals surface area (Å²) in [4.78, 5) is 43.1. The fraction of sp³-hybridized carbons (Fsp3) is 0.500. The topological polar surface area (TPSA) is 150 Å². The quantitative estimate of drug-likeness (QED) is 0.410. The minimum absolute atomic E-state index is 0.0795. The first kappa shape index (κ1) is 14.7. The smallest absolute Gasteiger partial charge is 0.323 e. The Morgan fingerprint density at radius 1 is 1.06 bits per heavy atom. The number of aliphatic carboxylic acids is 2. The van der Waals surface area contributed by atoms with Gasteiger partial charge in [-0.15, -0.1) is 0 Å². The van der Waals surface area contributed by atoms with E-state index in [1.807, 2.05) is 0 Å². The summed E-state index contributed by atoms with van der Waals surface area (Å²) in [6.07, 6.45) is -0.111. The van der Waals surface area contributed by atoms with Crippen LogP contribution in [-0.4, -0.2) is 58.6 Å². The maximum atomic E-state index is 11.3. The average Bonchev–Trinajstić information content (AvgIpc) is 2.14. The van der Waals surface area contributed by atoms with Gasteiger partial charge in [0.05, 0.1) is 0 Å². The lowest BCUT2D eigenvalue weighted by atomic mass is 10.4. The van der Waals surface area contributed by atoms with E-state index < -0.39 is 37.0 Å². The van der Waals surface area contributed by atoms with E-state index in [-0.39, 0.29) is 13.0 Å². The lowest BCUT2D eigenvalue weighted by Gasteiger charge is -2.18. The van der Waals surface area contributed by atoms with E-state index in [2.05, 4.69) is 5.32 Å². The van der Waals surface area contributed by atoms with E-state index >= 15 is 0 Å². The van der Waals surface area contributed by atoms with Crippen LogP contribution < -0.4 is 11.1 Å². The van der Waals surface area contributed by atoms with Crippen molar-refractivity contribution in [3.8, 4) is 0 Å². The number of carbonyl (C=O) groups excluding carboxylic acids is 2. The van der Waals surface area contributed by atoms with Crippen LogP contribution in [0, 0.1) is 0 Å². The van der Waals surface area contributed by atoms with E-state index in [4.69, 9.17) is 15.9 Å². The van der Waals surface area contributed by atoms with E-state index in [0.29, 0.717) is 4.90 Å². The van der Waals surface area contributed by atoms with Gasteiger partial charge in [-0.1, -0.05) is 0 Å². The van der Waals surface area contributed by atoms with Crippen LogP contribution in [0.1, 0.15) is 6.42 Å². The molecule has 0 saturated heterocycles. The molecule has 0 unspecified atom stereocenters. The Hall–Kier alpha value is -2.32. The molecule has 0 aromatic heterocycles. The van der Waals surface area contributed by atoms with Crippen LogP contribution in [0.3, 0.4) is 0 Å². The molecule has 5 N–H and O–H groups in total. The summed E-state index contributed by atoms with van der Waals surface area (Å²) >= 11 is 0. The second-order valence-electron chi connectivity index (χ2n) is 3.09. The molecule has 17 heavy (non-hydrogen) atoms. The van der Waals surface area contributed by atoms with Crippen molar-refractivity contribution in [2.75, 3.05) is 19.6 Å². The van der Waals surface area contributed by atoms with Crippen LogP contribution >= 0.6 is 0 Å². The fourth-order valence-corrected chi connectivity index (χ4v) is 0.930. The molecule has 0 radical (unpaired) electrons. The predicted octanol–water partition coefficient (Wildman–Crippen LogP) is -1.96. The van der Waals surface area contributed by atoms with Gasteiger partial charge in [0.25, 0.3) is 0 Å². The minimum Gasteiger partial charge on any atom is -0.480 e. The van der Waals surface area contributed by atoms with Gasteiger partial charge in [-0.25, -0.2) is 4.79 Å². The lowest BCUT2D eigenvalue weighted by molar-refractivity contribution is -0.140. The van der Waals surface area contributed by atoms with Gasteiger partial charge in [-0.3, -0.25) is 14.4 Å². The summed E-state index contributed by atoms with van der Waals surface area (Å²) in [6.45, 7) is -1.56. The van der Waals surface area contributed by atoms with Crippen molar-refractivity contribution in [1.29, 1.82) is 0 Å². The average molecular weight is 247 g/mol. The first-order valence-electron chi connectivity index (χ1n) is 4.57. The number of hydrogen-bond donors (Lipinski definition) is 4. The third-order valence-corrected chi connectivity index (χ3v) is 1.59. The molecule has 0 atom stereocenters. The minimum atomic E-state index is -1.34. The summed E-state index contributed by atoms with van der Waals surface area (Å²) in [5, 5.41) is 19.1. The standard InChI is InChI=1S/C8H13N3O6/c9-5(12)1-2-10-8(17)11(3-6(13)14)4-7(15)16/h1-4H2,(H2,9,12)(H,10,17)(H,13,14)(H,15,16). The highest BCUT2D eigenvalue weighted by Gasteiger charge is 2.19. The van der Waals surface area contributed by atoms with Gasteiger partial charge in [0.15, 0.2) is 0 Å². The van der Waals surface area contributed by atoms with E-state index in [9.17, 15) is 19.2 Å². The Labute approximate surface area is 96.2 Å². The van der Waals surface area contributed by atoms with Gasteiger partial charge >= 0.3 is 18.0 Å². The monoisotopic (exact) mass is 247 g/mol. The zero-order chi connectivity index (χ0) is 13.4. The molecule has 0 aliphatic heterocycles. The molecule has 9 heteroatoms. The Kier molecular flexibility index (Phi) is 6.08. The van der Waals surface area contributed by atoms with Gasteiger partial charge in [-0.05, 0) is 0 Å². The zero-order valence-corrected chi connectivity index (χ0v) is 8.88. The molecule has 0 aromatic rings. The first-order valence-corrected chi connectivity index (χ1v) is 4.57. The number of amides is 3. The molecular weight excluding hydrogens is 234 g/mol. The normalized spacial score (nSPS) is 9.41. The molecule has 3 amide bonds. The van der Waals surface area contributed by atoms with Crippen LogP contribution in [0.2, 0.25) is 0 Å². The summed E-state index contributed by atoms with van der Waals surface area (Å²) in [5.74, 6) is -3.30. The van der Waals surface area contributed by atoms with Crippen molar-refractivity contribution in [3.63, 3.8) is 0 Å². The number of carboxylic acids is 2. The third-order valence-electron chi connectivity index (χ3n) is 1.59. The molecule has 0 saturated carbocycles. The number of nitrogens with zero attached hydrogens (tertiary/aromatic N) is 1. The molecule has 0 rings (SSSR count). The Bertz CT molecular complexity index is 313. The van der Waals surface area contributed by atoms with Crippen molar-refractivity contribution in [2.24, 2.45) is 5.73 Å². The lowest BCUT2D eigenvalue weighted by Crippen LogP contribution is -2.45. The Morgan fingerprint density at radius 3 is 1.88 bits per heavy atom. The number of rotatable bonds is 7. The molecule has 96 valence electrons. The molecule has 0 aliphatic rings. The number of nitrogens with one attached hydrogen (secondary N) is 1. The highest BCUT2D eigenvalue weighted by molar-refractivity contribution is 5.84. The van der Waals surface area contributed by atoms with Gasteiger partial charge < -0.3 is 26.2 Å². The van der Waals surface area contributed by atoms with Gasteiger partial charge in [-0.2, -0.15) is 0 Å². The fourth-order valence-electron chi connectivity index (χ4n) is 0.930. The van der Waals surface area contributed by atoms with Crippen molar-refractivity contribution >= 4 is 23.9 Å². The molecule has 0 spiro atoms. The summed E-state index contributed by atoms with van der Waals surface area (Å²) in [5.41, 5.74) is 4.82. The number of nitrogens with two attached hydrogens (primary N) is 1. The number of carbonyl (C=O) groups is 4. The van der Waals surface area contributed by atoms with E-state index in [1.165, 1.54) is 0 Å². The van der Waals surface area contributed by atoms with Crippen LogP contribution in [0.5, 0.6) is 0 Å². The number of primary amides is 1. The van der Waals surface area contributed by atoms with Gasteiger partial charge in [0, 0.05) is 13.0 Å². The molecule has 0 aliphatic carbocycles. The number of hydrogen-bond acceptors (Lipinski definition) is 4. The molecule has 9 nitrogen and oxygen atoms in total. The molecule has 0 fully saturated rings. The predicted molar refractivity (Wildman–Crippen MR) is 54.1 cm³/mol. The largest absolute Gasteiger partial charge is 0.480 e. The Balaban J connectivity index is 4.26. The van der Waals surface area contributed by atoms with Crippen LogP contribution in [0.4, 0.5) is 4.79 Å². The second kappa shape index (κ2) is 7.04. The number of carboxylic acid groups (broad SMARTS) is 2. The maximum Gasteiger partial charge on any atom is 0.323 e. The summed E-state index contributed by atoms with van der Waals surface area (Å²) in [6, 6.07) is -0.879. The van der Waals surface area contributed by atoms with Crippen molar-refractivity contribution < 1.29 is 29.4 Å². The SMILES string of the molecule is NC(=O)CCNC(=O)N(CC(=O)O)CC(=O)O. The van der Waals surface area contributed by atoms with Crippen molar-refractivity contribution in [1.82, 2.24) is 10.2 Å². The van der Waals surface area contributed by atoms with Crippen LogP contribution in [-0.2, 0) is 14.4 Å². The number of urea groups is 1. The van der Waals surface area contributed by atoms with Crippen molar-refractivity contribution in [3.05, 3.63) is 0 Å². The summed E-state index contributed by atoms with van der Waals surface area (Å²) in [7, 11) is 0. The van der Waals surface area contributed by atoms with Crippen molar-refractivity contribution in [2.45, 2.75) is 6.42 Å². The van der Waals surface area contributed by atoms with E-state index in [0.717, 1.165) is 0 Å². The van der Waals surface area contributed by atoms with Gasteiger partial charge in [0.1, 0.15) is 13.1 Å².